The minimum atomic E-state index is 0.249. The first-order valence-corrected chi connectivity index (χ1v) is 4.31. The summed E-state index contributed by atoms with van der Waals surface area (Å²) < 4.78 is 0. The molecule has 0 bridgehead atoms. The zero-order chi connectivity index (χ0) is 8.85. The quantitative estimate of drug-likeness (QED) is 0.610. The van der Waals surface area contributed by atoms with Gasteiger partial charge in [-0.1, -0.05) is 26.7 Å². The van der Waals surface area contributed by atoms with Crippen molar-refractivity contribution in [1.29, 1.82) is 0 Å². The summed E-state index contributed by atoms with van der Waals surface area (Å²) >= 11 is 0. The number of hydrogen-bond donors (Lipinski definition) is 0. The molecule has 0 saturated carbocycles. The van der Waals surface area contributed by atoms with E-state index in [1.165, 1.54) is 0 Å². The normalized spacial score (nSPS) is 10.3. The third-order valence-corrected chi connectivity index (χ3v) is 2.12. The van der Waals surface area contributed by atoms with Gasteiger partial charge in [0.2, 0.25) is 5.91 Å². The molecule has 1 amide bonds. The van der Waals surface area contributed by atoms with E-state index in [1.807, 2.05) is 14.1 Å². The average molecular weight is 157 g/mol. The number of hydrogen-bond acceptors (Lipinski definition) is 1. The predicted octanol–water partition coefficient (Wildman–Crippen LogP) is 1.90. The third kappa shape index (κ3) is 4.02. The Balaban J connectivity index is 3.72. The largest absolute Gasteiger partial charge is 0.349 e. The molecule has 0 aromatic rings. The summed E-state index contributed by atoms with van der Waals surface area (Å²) in [6.45, 7) is 4.27. The van der Waals surface area contributed by atoms with Gasteiger partial charge in [0.25, 0.3) is 0 Å². The lowest BCUT2D eigenvalue weighted by Gasteiger charge is -2.15. The fraction of sp³-hybridized carbons (Fsp3) is 0.889. The van der Waals surface area contributed by atoms with Crippen molar-refractivity contribution in [2.75, 3.05) is 14.1 Å². The van der Waals surface area contributed by atoms with Gasteiger partial charge >= 0.3 is 0 Å². The molecule has 0 aliphatic rings. The van der Waals surface area contributed by atoms with Crippen LogP contribution in [0, 0.1) is 5.92 Å². The van der Waals surface area contributed by atoms with Crippen LogP contribution < -0.4 is 0 Å². The highest BCUT2D eigenvalue weighted by molar-refractivity contribution is 5.75. The summed E-state index contributed by atoms with van der Waals surface area (Å²) in [6.07, 6.45) is 2.92. The van der Waals surface area contributed by atoms with Crippen molar-refractivity contribution in [2.24, 2.45) is 5.92 Å². The number of carbonyl (C=O) groups is 1. The zero-order valence-corrected chi connectivity index (χ0v) is 8.05. The first kappa shape index (κ1) is 10.5. The van der Waals surface area contributed by atoms with Crippen LogP contribution in [0.2, 0.25) is 0 Å². The molecule has 0 aromatic heterocycles. The molecule has 2 nitrogen and oxygen atoms in total. The molecule has 0 rings (SSSR count). The lowest BCUT2D eigenvalue weighted by Crippen LogP contribution is -2.23. The van der Waals surface area contributed by atoms with Crippen LogP contribution >= 0.6 is 0 Å². The van der Waals surface area contributed by atoms with E-state index in [2.05, 4.69) is 13.8 Å². The van der Waals surface area contributed by atoms with Gasteiger partial charge in [-0.15, -0.1) is 0 Å². The highest BCUT2D eigenvalue weighted by Crippen LogP contribution is 2.12. The molecule has 0 spiro atoms. The summed E-state index contributed by atoms with van der Waals surface area (Å²) in [6, 6.07) is 0. The molecule has 0 fully saturated rings. The Morgan fingerprint density at radius 1 is 1.27 bits per heavy atom. The molecular weight excluding hydrogens is 138 g/mol. The van der Waals surface area contributed by atoms with Crippen LogP contribution in [0.4, 0.5) is 0 Å². The van der Waals surface area contributed by atoms with Crippen molar-refractivity contribution in [3.8, 4) is 0 Å². The maximum Gasteiger partial charge on any atom is 0.222 e. The topological polar surface area (TPSA) is 20.3 Å². The van der Waals surface area contributed by atoms with Crippen LogP contribution in [0.15, 0.2) is 0 Å². The SMILES string of the molecule is CCC(CC)CC(=O)N(C)C. The van der Waals surface area contributed by atoms with Gasteiger partial charge in [-0.25, -0.2) is 0 Å². The van der Waals surface area contributed by atoms with E-state index < -0.39 is 0 Å². The van der Waals surface area contributed by atoms with E-state index in [1.54, 1.807) is 4.90 Å². The summed E-state index contributed by atoms with van der Waals surface area (Å²) in [5.41, 5.74) is 0. The number of nitrogens with zero attached hydrogens (tertiary/aromatic N) is 1. The van der Waals surface area contributed by atoms with Gasteiger partial charge in [0.1, 0.15) is 0 Å². The van der Waals surface area contributed by atoms with E-state index in [-0.39, 0.29) is 5.91 Å². The molecule has 0 N–H and O–H groups in total. The smallest absolute Gasteiger partial charge is 0.222 e. The molecule has 0 aliphatic heterocycles. The van der Waals surface area contributed by atoms with Crippen molar-refractivity contribution < 1.29 is 4.79 Å². The van der Waals surface area contributed by atoms with Gasteiger partial charge in [-0.2, -0.15) is 0 Å². The van der Waals surface area contributed by atoms with E-state index in [4.69, 9.17) is 0 Å². The Morgan fingerprint density at radius 3 is 2.00 bits per heavy atom. The van der Waals surface area contributed by atoms with E-state index in [0.29, 0.717) is 12.3 Å². The second kappa shape index (κ2) is 5.16. The second-order valence-electron chi connectivity index (χ2n) is 3.17. The van der Waals surface area contributed by atoms with Gasteiger partial charge < -0.3 is 4.90 Å². The van der Waals surface area contributed by atoms with Crippen molar-refractivity contribution in [1.82, 2.24) is 4.90 Å². The Labute approximate surface area is 69.6 Å². The number of carbonyl (C=O) groups excluding carboxylic acids is 1. The maximum atomic E-state index is 11.2. The molecule has 11 heavy (non-hydrogen) atoms. The number of amides is 1. The zero-order valence-electron chi connectivity index (χ0n) is 8.05. The van der Waals surface area contributed by atoms with Gasteiger partial charge in [-0.05, 0) is 5.92 Å². The third-order valence-electron chi connectivity index (χ3n) is 2.12. The standard InChI is InChI=1S/C9H19NO/c1-5-8(6-2)7-9(11)10(3)4/h8H,5-7H2,1-4H3. The molecule has 0 radical (unpaired) electrons. The van der Waals surface area contributed by atoms with Gasteiger partial charge in [0, 0.05) is 20.5 Å². The second-order valence-corrected chi connectivity index (χ2v) is 3.17. The Hall–Kier alpha value is -0.530. The minimum absolute atomic E-state index is 0.249. The fourth-order valence-electron chi connectivity index (χ4n) is 1.01. The van der Waals surface area contributed by atoms with Gasteiger partial charge in [0.05, 0.1) is 0 Å². The first-order chi connectivity index (χ1) is 5.11. The Morgan fingerprint density at radius 2 is 1.73 bits per heavy atom. The predicted molar refractivity (Wildman–Crippen MR) is 47.4 cm³/mol. The van der Waals surface area contributed by atoms with Crippen LogP contribution in [0.1, 0.15) is 33.1 Å². The van der Waals surface area contributed by atoms with Crippen LogP contribution in [-0.4, -0.2) is 24.9 Å². The molecule has 0 atom stereocenters. The summed E-state index contributed by atoms with van der Waals surface area (Å²) in [4.78, 5) is 12.9. The maximum absolute atomic E-state index is 11.2. The summed E-state index contributed by atoms with van der Waals surface area (Å²) in [7, 11) is 3.62. The lowest BCUT2D eigenvalue weighted by atomic mass is 9.99. The minimum Gasteiger partial charge on any atom is -0.349 e. The van der Waals surface area contributed by atoms with Crippen molar-refractivity contribution in [3.05, 3.63) is 0 Å². The van der Waals surface area contributed by atoms with E-state index >= 15 is 0 Å². The van der Waals surface area contributed by atoms with Crippen LogP contribution in [0.25, 0.3) is 0 Å². The molecular formula is C9H19NO. The highest BCUT2D eigenvalue weighted by atomic mass is 16.2. The molecule has 0 saturated heterocycles. The Kier molecular flexibility index (Phi) is 4.92. The number of rotatable bonds is 4. The Bertz CT molecular complexity index is 117. The molecule has 0 heterocycles. The monoisotopic (exact) mass is 157 g/mol. The van der Waals surface area contributed by atoms with Crippen LogP contribution in [0.5, 0.6) is 0 Å². The molecule has 0 aromatic carbocycles. The summed E-state index contributed by atoms with van der Waals surface area (Å²) in [5, 5.41) is 0. The molecule has 0 unspecified atom stereocenters. The van der Waals surface area contributed by atoms with Gasteiger partial charge in [-0.3, -0.25) is 4.79 Å². The van der Waals surface area contributed by atoms with E-state index in [0.717, 1.165) is 12.8 Å². The van der Waals surface area contributed by atoms with E-state index in [9.17, 15) is 4.79 Å². The van der Waals surface area contributed by atoms with Crippen LogP contribution in [-0.2, 0) is 4.79 Å². The molecule has 0 aliphatic carbocycles. The first-order valence-electron chi connectivity index (χ1n) is 4.31. The fourth-order valence-corrected chi connectivity index (χ4v) is 1.01. The average Bonchev–Trinajstić information content (AvgIpc) is 1.99. The summed E-state index contributed by atoms with van der Waals surface area (Å²) in [5.74, 6) is 0.823. The van der Waals surface area contributed by atoms with Crippen molar-refractivity contribution in [2.45, 2.75) is 33.1 Å². The van der Waals surface area contributed by atoms with Crippen molar-refractivity contribution >= 4 is 5.91 Å². The molecule has 2 heteroatoms. The van der Waals surface area contributed by atoms with Crippen LogP contribution in [0.3, 0.4) is 0 Å². The van der Waals surface area contributed by atoms with Crippen molar-refractivity contribution in [3.63, 3.8) is 0 Å². The lowest BCUT2D eigenvalue weighted by molar-refractivity contribution is -0.129. The highest BCUT2D eigenvalue weighted by Gasteiger charge is 2.10. The van der Waals surface area contributed by atoms with Gasteiger partial charge in [0.15, 0.2) is 0 Å². The molecule has 66 valence electrons.